The van der Waals surface area contributed by atoms with Gasteiger partial charge in [0.1, 0.15) is 5.54 Å². The molecule has 0 bridgehead atoms. The lowest BCUT2D eigenvalue weighted by molar-refractivity contribution is -0.152. The summed E-state index contributed by atoms with van der Waals surface area (Å²) in [5.41, 5.74) is -0.577. The summed E-state index contributed by atoms with van der Waals surface area (Å²) in [6, 6.07) is 0. The highest BCUT2D eigenvalue weighted by Gasteiger charge is 2.43. The van der Waals surface area contributed by atoms with Gasteiger partial charge in [0.15, 0.2) is 0 Å². The first-order valence-electron chi connectivity index (χ1n) is 7.90. The molecule has 5 nitrogen and oxygen atoms in total. The first-order valence-corrected chi connectivity index (χ1v) is 8.95. The highest BCUT2D eigenvalue weighted by molar-refractivity contribution is 7.99. The quantitative estimate of drug-likeness (QED) is 0.556. The normalized spacial score (nSPS) is 27.3. The predicted octanol–water partition coefficient (Wildman–Crippen LogP) is 1.32. The zero-order chi connectivity index (χ0) is 15.7. The van der Waals surface area contributed by atoms with Crippen molar-refractivity contribution in [1.29, 1.82) is 0 Å². The summed E-state index contributed by atoms with van der Waals surface area (Å²) >= 11 is 1.64. The lowest BCUT2D eigenvalue weighted by Crippen LogP contribution is -2.56. The van der Waals surface area contributed by atoms with Crippen molar-refractivity contribution in [2.24, 2.45) is 0 Å². The molecule has 0 saturated heterocycles. The van der Waals surface area contributed by atoms with Crippen LogP contribution < -0.4 is 5.32 Å². The minimum atomic E-state index is -0.683. The molecule has 0 aromatic heterocycles. The lowest BCUT2D eigenvalue weighted by Gasteiger charge is -2.39. The minimum Gasteiger partial charge on any atom is -0.465 e. The topological polar surface area (TPSA) is 78.8 Å². The monoisotopic (exact) mass is 319 g/mol. The first-order chi connectivity index (χ1) is 10.1. The zero-order valence-electron chi connectivity index (χ0n) is 13.1. The maximum Gasteiger partial charge on any atom is 0.326 e. The number of rotatable bonds is 9. The smallest absolute Gasteiger partial charge is 0.326 e. The number of aliphatic hydroxyl groups is 2. The van der Waals surface area contributed by atoms with E-state index in [0.717, 1.165) is 38.6 Å². The summed E-state index contributed by atoms with van der Waals surface area (Å²) in [5.74, 6) is 0.361. The number of hydrogen-bond donors (Lipinski definition) is 3. The number of carbonyl (C=O) groups excluding carboxylic acids is 1. The number of thioether (sulfide) groups is 1. The molecule has 3 unspecified atom stereocenters. The molecule has 0 radical (unpaired) electrons. The average Bonchev–Trinajstić information content (AvgIpc) is 2.51. The Balaban J connectivity index is 2.66. The van der Waals surface area contributed by atoms with Gasteiger partial charge in [-0.2, -0.15) is 11.8 Å². The molecule has 1 saturated carbocycles. The average molecular weight is 319 g/mol. The number of esters is 1. The van der Waals surface area contributed by atoms with Crippen molar-refractivity contribution < 1.29 is 19.7 Å². The van der Waals surface area contributed by atoms with Gasteiger partial charge in [-0.25, -0.2) is 0 Å². The van der Waals surface area contributed by atoms with Crippen molar-refractivity contribution in [3.63, 3.8) is 0 Å². The Hall–Kier alpha value is -0.300. The maximum atomic E-state index is 12.4. The number of aliphatic hydroxyl groups excluding tert-OH is 2. The van der Waals surface area contributed by atoms with E-state index in [9.17, 15) is 9.90 Å². The molecule has 1 fully saturated rings. The molecule has 0 amide bonds. The Labute approximate surface area is 131 Å². The van der Waals surface area contributed by atoms with Crippen molar-refractivity contribution in [2.45, 2.75) is 62.8 Å². The number of hydrogen-bond acceptors (Lipinski definition) is 6. The molecule has 3 N–H and O–H groups in total. The van der Waals surface area contributed by atoms with Crippen LogP contribution in [-0.4, -0.2) is 58.6 Å². The second kappa shape index (κ2) is 9.66. The summed E-state index contributed by atoms with van der Waals surface area (Å²) in [6.45, 7) is 4.90. The molecule has 124 valence electrons. The lowest BCUT2D eigenvalue weighted by atomic mass is 9.81. The van der Waals surface area contributed by atoms with Crippen LogP contribution in [0.3, 0.4) is 0 Å². The van der Waals surface area contributed by atoms with E-state index in [1.54, 1.807) is 11.8 Å². The summed E-state index contributed by atoms with van der Waals surface area (Å²) in [4.78, 5) is 12.4. The Morgan fingerprint density at radius 2 is 2.29 bits per heavy atom. The van der Waals surface area contributed by atoms with Crippen LogP contribution in [0.5, 0.6) is 0 Å². The van der Waals surface area contributed by atoms with Crippen molar-refractivity contribution >= 4 is 17.7 Å². The van der Waals surface area contributed by atoms with Gasteiger partial charge in [-0.1, -0.05) is 6.92 Å². The van der Waals surface area contributed by atoms with E-state index in [-0.39, 0.29) is 12.6 Å². The van der Waals surface area contributed by atoms with E-state index in [1.165, 1.54) is 0 Å². The molecule has 1 rings (SSSR count). The van der Waals surface area contributed by atoms with E-state index in [4.69, 9.17) is 9.84 Å². The van der Waals surface area contributed by atoms with Crippen LogP contribution in [0.25, 0.3) is 0 Å². The maximum absolute atomic E-state index is 12.4. The number of ether oxygens (including phenoxy) is 1. The molecule has 0 aromatic rings. The van der Waals surface area contributed by atoms with E-state index in [0.29, 0.717) is 17.6 Å². The molecule has 1 aliphatic carbocycles. The third-order valence-electron chi connectivity index (χ3n) is 3.82. The van der Waals surface area contributed by atoms with Crippen molar-refractivity contribution in [3.05, 3.63) is 0 Å². The van der Waals surface area contributed by atoms with E-state index in [1.807, 2.05) is 6.92 Å². The third kappa shape index (κ3) is 5.77. The summed E-state index contributed by atoms with van der Waals surface area (Å²) in [6.07, 6.45) is 3.85. The van der Waals surface area contributed by atoms with Gasteiger partial charge in [-0.15, -0.1) is 0 Å². The molecule has 6 heteroatoms. The second-order valence-corrected chi connectivity index (χ2v) is 6.95. The molecule has 1 aliphatic rings. The van der Waals surface area contributed by atoms with Gasteiger partial charge >= 0.3 is 5.97 Å². The van der Waals surface area contributed by atoms with Crippen molar-refractivity contribution in [1.82, 2.24) is 5.32 Å². The Kier molecular flexibility index (Phi) is 8.63. The SMILES string of the molecule is CCCNC1(C(=O)OCC)CCCC(SCC(O)CO)C1. The molecular formula is C15H29NO4S. The van der Waals surface area contributed by atoms with Crippen molar-refractivity contribution in [2.75, 3.05) is 25.5 Å². The van der Waals surface area contributed by atoms with Crippen LogP contribution in [0.4, 0.5) is 0 Å². The molecule has 0 spiro atoms. The van der Waals surface area contributed by atoms with E-state index < -0.39 is 11.6 Å². The molecule has 0 aliphatic heterocycles. The summed E-state index contributed by atoms with van der Waals surface area (Å²) < 4.78 is 5.28. The number of carbonyl (C=O) groups is 1. The predicted molar refractivity (Wildman–Crippen MR) is 85.5 cm³/mol. The molecular weight excluding hydrogens is 290 g/mol. The summed E-state index contributed by atoms with van der Waals surface area (Å²) in [5, 5.41) is 22.1. The van der Waals surface area contributed by atoms with Gasteiger partial charge < -0.3 is 20.3 Å². The fourth-order valence-corrected chi connectivity index (χ4v) is 4.05. The van der Waals surface area contributed by atoms with Gasteiger partial charge in [-0.05, 0) is 45.6 Å². The van der Waals surface area contributed by atoms with Crippen LogP contribution >= 0.6 is 11.8 Å². The van der Waals surface area contributed by atoms with Crippen molar-refractivity contribution in [3.8, 4) is 0 Å². The summed E-state index contributed by atoms with van der Waals surface area (Å²) in [7, 11) is 0. The Morgan fingerprint density at radius 3 is 2.90 bits per heavy atom. The highest BCUT2D eigenvalue weighted by atomic mass is 32.2. The zero-order valence-corrected chi connectivity index (χ0v) is 14.0. The van der Waals surface area contributed by atoms with Crippen LogP contribution in [0.15, 0.2) is 0 Å². The van der Waals surface area contributed by atoms with Gasteiger partial charge in [0.05, 0.1) is 19.3 Å². The fraction of sp³-hybridized carbons (Fsp3) is 0.933. The molecule has 0 heterocycles. The van der Waals surface area contributed by atoms with Crippen LogP contribution in [0.2, 0.25) is 0 Å². The van der Waals surface area contributed by atoms with Crippen LogP contribution in [0.1, 0.15) is 46.0 Å². The highest BCUT2D eigenvalue weighted by Crippen LogP contribution is 2.36. The van der Waals surface area contributed by atoms with E-state index >= 15 is 0 Å². The minimum absolute atomic E-state index is 0.147. The van der Waals surface area contributed by atoms with Gasteiger partial charge in [0.25, 0.3) is 0 Å². The Morgan fingerprint density at radius 1 is 1.52 bits per heavy atom. The van der Waals surface area contributed by atoms with Crippen LogP contribution in [0, 0.1) is 0 Å². The molecule has 3 atom stereocenters. The Bertz CT molecular complexity index is 316. The largest absolute Gasteiger partial charge is 0.465 e. The van der Waals surface area contributed by atoms with E-state index in [2.05, 4.69) is 12.2 Å². The fourth-order valence-electron chi connectivity index (χ4n) is 2.72. The number of nitrogens with one attached hydrogen (secondary N) is 1. The first kappa shape index (κ1) is 18.7. The van der Waals surface area contributed by atoms with Gasteiger partial charge in [0.2, 0.25) is 0 Å². The van der Waals surface area contributed by atoms with Gasteiger partial charge in [0, 0.05) is 11.0 Å². The standard InChI is InChI=1S/C15H29NO4S/c1-3-8-16-15(14(19)20-4-2)7-5-6-13(9-15)21-11-12(18)10-17/h12-13,16-18H,3-11H2,1-2H3. The third-order valence-corrected chi connectivity index (χ3v) is 5.27. The second-order valence-electron chi connectivity index (χ2n) is 5.62. The van der Waals surface area contributed by atoms with Crippen LogP contribution in [-0.2, 0) is 9.53 Å². The molecule has 0 aromatic carbocycles. The van der Waals surface area contributed by atoms with Gasteiger partial charge in [-0.3, -0.25) is 4.79 Å². The molecule has 21 heavy (non-hydrogen) atoms.